The van der Waals surface area contributed by atoms with E-state index in [2.05, 4.69) is 22.8 Å². The molecule has 0 N–H and O–H groups in total. The van der Waals surface area contributed by atoms with E-state index in [1.165, 1.54) is 5.56 Å². The Morgan fingerprint density at radius 2 is 2.13 bits per heavy atom. The van der Waals surface area contributed by atoms with Crippen LogP contribution in [0.25, 0.3) is 0 Å². The van der Waals surface area contributed by atoms with Gasteiger partial charge >= 0.3 is 0 Å². The summed E-state index contributed by atoms with van der Waals surface area (Å²) in [4.78, 5) is 18.6. The van der Waals surface area contributed by atoms with Gasteiger partial charge in [0, 0.05) is 65.5 Å². The van der Waals surface area contributed by atoms with Crippen molar-refractivity contribution in [2.45, 2.75) is 19.5 Å². The molecule has 5 heteroatoms. The van der Waals surface area contributed by atoms with Gasteiger partial charge in [0.05, 0.1) is 6.61 Å². The molecule has 0 saturated carbocycles. The molecule has 0 aliphatic carbocycles. The van der Waals surface area contributed by atoms with Crippen LogP contribution in [-0.2, 0) is 11.3 Å². The molecule has 0 aromatic heterocycles. The smallest absolute Gasteiger partial charge is 0.253 e. The minimum absolute atomic E-state index is 0.0598. The quantitative estimate of drug-likeness (QED) is 0.797. The molecule has 1 heterocycles. The fourth-order valence-electron chi connectivity index (χ4n) is 3.07. The van der Waals surface area contributed by atoms with E-state index in [0.29, 0.717) is 6.04 Å². The van der Waals surface area contributed by atoms with Crippen molar-refractivity contribution in [2.24, 2.45) is 0 Å². The van der Waals surface area contributed by atoms with Crippen LogP contribution in [-0.4, -0.2) is 80.6 Å². The first-order chi connectivity index (χ1) is 11.0. The zero-order valence-electron chi connectivity index (χ0n) is 14.8. The first-order valence-corrected chi connectivity index (χ1v) is 8.27. The van der Waals surface area contributed by atoms with Crippen LogP contribution >= 0.6 is 0 Å². The Kier molecular flexibility index (Phi) is 6.57. The van der Waals surface area contributed by atoms with E-state index in [1.807, 2.05) is 18.2 Å². The lowest BCUT2D eigenvalue weighted by molar-refractivity contribution is 0.0557. The van der Waals surface area contributed by atoms with Crippen LogP contribution in [0.2, 0.25) is 0 Å². The highest BCUT2D eigenvalue weighted by molar-refractivity contribution is 5.94. The average Bonchev–Trinajstić information content (AvgIpc) is 2.53. The predicted octanol–water partition coefficient (Wildman–Crippen LogP) is 1.54. The molecule has 1 aromatic rings. The first kappa shape index (κ1) is 17.9. The summed E-state index contributed by atoms with van der Waals surface area (Å²) in [6.45, 7) is 8.14. The number of nitrogens with zero attached hydrogens (tertiary/aromatic N) is 3. The number of amides is 1. The molecule has 1 atom stereocenters. The van der Waals surface area contributed by atoms with Crippen molar-refractivity contribution in [3.63, 3.8) is 0 Å². The van der Waals surface area contributed by atoms with Crippen molar-refractivity contribution in [3.8, 4) is 0 Å². The van der Waals surface area contributed by atoms with E-state index in [9.17, 15) is 4.79 Å². The number of hydrogen-bond acceptors (Lipinski definition) is 4. The summed E-state index contributed by atoms with van der Waals surface area (Å²) in [6.07, 6.45) is 0. The van der Waals surface area contributed by atoms with Gasteiger partial charge < -0.3 is 9.64 Å². The van der Waals surface area contributed by atoms with E-state index in [1.54, 1.807) is 26.1 Å². The summed E-state index contributed by atoms with van der Waals surface area (Å²) in [5.74, 6) is 0.0598. The van der Waals surface area contributed by atoms with Crippen molar-refractivity contribution in [3.05, 3.63) is 35.4 Å². The number of rotatable bonds is 6. The van der Waals surface area contributed by atoms with Gasteiger partial charge in [-0.25, -0.2) is 0 Å². The zero-order valence-corrected chi connectivity index (χ0v) is 14.8. The summed E-state index contributed by atoms with van der Waals surface area (Å²) in [6, 6.07) is 8.52. The number of methoxy groups -OCH3 is 1. The second-order valence-corrected chi connectivity index (χ2v) is 6.51. The lowest BCUT2D eigenvalue weighted by Gasteiger charge is -2.39. The lowest BCUT2D eigenvalue weighted by Crippen LogP contribution is -2.52. The molecule has 1 aliphatic heterocycles. The maximum absolute atomic E-state index is 12.1. The number of ether oxygens (including phenoxy) is 1. The average molecular weight is 319 g/mol. The van der Waals surface area contributed by atoms with Gasteiger partial charge in [-0.15, -0.1) is 0 Å². The minimum atomic E-state index is 0.0598. The Balaban J connectivity index is 1.93. The highest BCUT2D eigenvalue weighted by atomic mass is 16.5. The predicted molar refractivity (Wildman–Crippen MR) is 92.6 cm³/mol. The molecule has 5 nitrogen and oxygen atoms in total. The van der Waals surface area contributed by atoms with E-state index in [0.717, 1.165) is 44.9 Å². The van der Waals surface area contributed by atoms with Gasteiger partial charge in [-0.05, 0) is 24.6 Å². The van der Waals surface area contributed by atoms with Crippen LogP contribution in [0.1, 0.15) is 22.8 Å². The summed E-state index contributed by atoms with van der Waals surface area (Å²) < 4.78 is 5.18. The fourth-order valence-corrected chi connectivity index (χ4v) is 3.07. The van der Waals surface area contributed by atoms with E-state index >= 15 is 0 Å². The zero-order chi connectivity index (χ0) is 16.8. The normalized spacial score (nSPS) is 19.7. The number of benzene rings is 1. The number of carbonyl (C=O) groups excluding carboxylic acids is 1. The van der Waals surface area contributed by atoms with Crippen LogP contribution in [0, 0.1) is 0 Å². The Bertz CT molecular complexity index is 519. The van der Waals surface area contributed by atoms with Crippen LogP contribution in [0.5, 0.6) is 0 Å². The SMILES string of the molecule is COCCN1CCN(Cc2cccc(C(=O)N(C)C)c2)CC1C. The second kappa shape index (κ2) is 8.43. The molecule has 128 valence electrons. The van der Waals surface area contributed by atoms with Crippen molar-refractivity contribution in [1.29, 1.82) is 0 Å². The molecule has 1 aliphatic rings. The highest BCUT2D eigenvalue weighted by Crippen LogP contribution is 2.14. The molecule has 1 amide bonds. The Hall–Kier alpha value is -1.43. The number of carbonyl (C=O) groups is 1. The Morgan fingerprint density at radius 1 is 1.35 bits per heavy atom. The molecule has 2 rings (SSSR count). The molecule has 0 spiro atoms. The first-order valence-electron chi connectivity index (χ1n) is 8.27. The van der Waals surface area contributed by atoms with Gasteiger partial charge in [-0.2, -0.15) is 0 Å². The van der Waals surface area contributed by atoms with Crippen molar-refractivity contribution in [2.75, 3.05) is 54.0 Å². The molecule has 0 radical (unpaired) electrons. The number of piperazine rings is 1. The van der Waals surface area contributed by atoms with E-state index in [4.69, 9.17) is 4.74 Å². The van der Waals surface area contributed by atoms with Gasteiger partial charge in [-0.1, -0.05) is 12.1 Å². The fraction of sp³-hybridized carbons (Fsp3) is 0.611. The molecule has 1 saturated heterocycles. The topological polar surface area (TPSA) is 36.0 Å². The third-order valence-corrected chi connectivity index (χ3v) is 4.42. The third kappa shape index (κ3) is 5.03. The maximum atomic E-state index is 12.1. The third-order valence-electron chi connectivity index (χ3n) is 4.42. The van der Waals surface area contributed by atoms with Gasteiger partial charge in [0.2, 0.25) is 0 Å². The summed E-state index contributed by atoms with van der Waals surface area (Å²) >= 11 is 0. The standard InChI is InChI=1S/C18H29N3O2/c1-15-13-20(8-9-21(15)10-11-23-4)14-16-6-5-7-17(12-16)18(22)19(2)3/h5-7,12,15H,8-11,13-14H2,1-4H3. The van der Waals surface area contributed by atoms with Crippen molar-refractivity contribution in [1.82, 2.24) is 14.7 Å². The van der Waals surface area contributed by atoms with Gasteiger partial charge in [-0.3, -0.25) is 14.6 Å². The van der Waals surface area contributed by atoms with Crippen LogP contribution in [0.4, 0.5) is 0 Å². The Labute approximate surface area is 139 Å². The summed E-state index contributed by atoms with van der Waals surface area (Å²) in [5, 5.41) is 0. The van der Waals surface area contributed by atoms with Crippen LogP contribution in [0.3, 0.4) is 0 Å². The highest BCUT2D eigenvalue weighted by Gasteiger charge is 2.23. The van der Waals surface area contributed by atoms with Gasteiger partial charge in [0.15, 0.2) is 0 Å². The lowest BCUT2D eigenvalue weighted by atomic mass is 10.1. The molecule has 1 aromatic carbocycles. The largest absolute Gasteiger partial charge is 0.383 e. The molecule has 1 unspecified atom stereocenters. The van der Waals surface area contributed by atoms with E-state index < -0.39 is 0 Å². The number of hydrogen-bond donors (Lipinski definition) is 0. The van der Waals surface area contributed by atoms with Crippen LogP contribution in [0.15, 0.2) is 24.3 Å². The van der Waals surface area contributed by atoms with Gasteiger partial charge in [0.25, 0.3) is 5.91 Å². The molecular weight excluding hydrogens is 290 g/mol. The molecule has 23 heavy (non-hydrogen) atoms. The molecule has 1 fully saturated rings. The van der Waals surface area contributed by atoms with Crippen LogP contribution < -0.4 is 0 Å². The van der Waals surface area contributed by atoms with Gasteiger partial charge in [0.1, 0.15) is 0 Å². The van der Waals surface area contributed by atoms with Crippen molar-refractivity contribution >= 4 is 5.91 Å². The molecular formula is C18H29N3O2. The second-order valence-electron chi connectivity index (χ2n) is 6.51. The minimum Gasteiger partial charge on any atom is -0.383 e. The molecule has 0 bridgehead atoms. The van der Waals surface area contributed by atoms with Crippen molar-refractivity contribution < 1.29 is 9.53 Å². The summed E-state index contributed by atoms with van der Waals surface area (Å²) in [7, 11) is 5.33. The Morgan fingerprint density at radius 3 is 2.78 bits per heavy atom. The monoisotopic (exact) mass is 319 g/mol. The maximum Gasteiger partial charge on any atom is 0.253 e. The summed E-state index contributed by atoms with van der Waals surface area (Å²) in [5.41, 5.74) is 1.97. The van der Waals surface area contributed by atoms with E-state index in [-0.39, 0.29) is 5.91 Å².